The minimum absolute atomic E-state index is 0.0295. The third kappa shape index (κ3) is 2.01. The molecule has 1 amide bonds. The predicted octanol–water partition coefficient (Wildman–Crippen LogP) is 2.15. The van der Waals surface area contributed by atoms with E-state index >= 15 is 0 Å². The molecule has 0 spiro atoms. The molecule has 5 heteroatoms. The van der Waals surface area contributed by atoms with Crippen molar-refractivity contribution in [2.24, 2.45) is 5.92 Å². The Labute approximate surface area is 118 Å². The highest BCUT2D eigenvalue weighted by atomic mass is 16.4. The Morgan fingerprint density at radius 1 is 1.30 bits per heavy atom. The molecule has 2 unspecified atom stereocenters. The lowest BCUT2D eigenvalue weighted by Gasteiger charge is -2.30. The molecule has 0 radical (unpaired) electrons. The Balaban J connectivity index is 1.79. The van der Waals surface area contributed by atoms with Gasteiger partial charge in [-0.1, -0.05) is 0 Å². The second kappa shape index (κ2) is 4.96. The van der Waals surface area contributed by atoms with Crippen LogP contribution in [-0.2, 0) is 4.79 Å². The molecule has 2 aliphatic rings. The fourth-order valence-electron chi connectivity index (χ4n) is 3.26. The summed E-state index contributed by atoms with van der Waals surface area (Å²) in [6.07, 6.45) is 5.99. The largest absolute Gasteiger partial charge is 0.481 e. The molecule has 1 saturated heterocycles. The molecule has 3 rings (SSSR count). The first kappa shape index (κ1) is 13.2. The van der Waals surface area contributed by atoms with Gasteiger partial charge in [0.15, 0.2) is 0 Å². The van der Waals surface area contributed by atoms with E-state index in [0.717, 1.165) is 12.8 Å². The molecular formula is C15H20N2O3. The zero-order valence-electron chi connectivity index (χ0n) is 11.7. The fourth-order valence-corrected chi connectivity index (χ4v) is 3.26. The number of carbonyl (C=O) groups is 2. The number of carbonyl (C=O) groups excluding carboxylic acids is 1. The molecule has 1 N–H and O–H groups in total. The number of aromatic nitrogens is 1. The summed E-state index contributed by atoms with van der Waals surface area (Å²) < 4.78 is 2.06. The normalized spacial score (nSPS) is 26.6. The van der Waals surface area contributed by atoms with Crippen LogP contribution in [-0.4, -0.2) is 39.0 Å². The van der Waals surface area contributed by atoms with E-state index in [9.17, 15) is 9.59 Å². The first-order valence-electron chi connectivity index (χ1n) is 7.30. The van der Waals surface area contributed by atoms with Crippen molar-refractivity contribution in [1.29, 1.82) is 0 Å². The maximum Gasteiger partial charge on any atom is 0.308 e. The van der Waals surface area contributed by atoms with Crippen molar-refractivity contribution in [3.05, 3.63) is 24.0 Å². The summed E-state index contributed by atoms with van der Waals surface area (Å²) in [5.41, 5.74) is 0.701. The molecule has 1 aromatic rings. The predicted molar refractivity (Wildman–Crippen MR) is 73.6 cm³/mol. The zero-order valence-corrected chi connectivity index (χ0v) is 11.7. The SMILES string of the molecule is CC1C(C(=O)O)CCN1C(=O)c1cccn1C1CCC1. The quantitative estimate of drug-likeness (QED) is 0.920. The van der Waals surface area contributed by atoms with Crippen molar-refractivity contribution < 1.29 is 14.7 Å². The highest BCUT2D eigenvalue weighted by Crippen LogP contribution is 2.34. The van der Waals surface area contributed by atoms with Crippen LogP contribution in [0.15, 0.2) is 18.3 Å². The van der Waals surface area contributed by atoms with Crippen molar-refractivity contribution >= 4 is 11.9 Å². The smallest absolute Gasteiger partial charge is 0.308 e. The minimum Gasteiger partial charge on any atom is -0.481 e. The number of aliphatic carboxylic acids is 1. The van der Waals surface area contributed by atoms with Gasteiger partial charge in [0, 0.05) is 24.8 Å². The standard InChI is InChI=1S/C15H20N2O3/c1-10-12(15(19)20)7-9-16(10)14(18)13-6-3-8-17(13)11-4-2-5-11/h3,6,8,10-12H,2,4-5,7,9H2,1H3,(H,19,20). The number of nitrogens with zero attached hydrogens (tertiary/aromatic N) is 2. The van der Waals surface area contributed by atoms with E-state index in [1.165, 1.54) is 6.42 Å². The second-order valence-electron chi connectivity index (χ2n) is 5.86. The minimum atomic E-state index is -0.804. The molecule has 108 valence electrons. The Hall–Kier alpha value is -1.78. The highest BCUT2D eigenvalue weighted by molar-refractivity contribution is 5.93. The maximum absolute atomic E-state index is 12.7. The highest BCUT2D eigenvalue weighted by Gasteiger charge is 2.39. The van der Waals surface area contributed by atoms with Crippen molar-refractivity contribution in [2.75, 3.05) is 6.54 Å². The van der Waals surface area contributed by atoms with Gasteiger partial charge < -0.3 is 14.6 Å². The Morgan fingerprint density at radius 3 is 2.60 bits per heavy atom. The third-order valence-corrected chi connectivity index (χ3v) is 4.80. The van der Waals surface area contributed by atoms with Gasteiger partial charge in [-0.3, -0.25) is 9.59 Å². The topological polar surface area (TPSA) is 62.5 Å². The summed E-state index contributed by atoms with van der Waals surface area (Å²) in [5.74, 6) is -1.27. The van der Waals surface area contributed by atoms with E-state index in [4.69, 9.17) is 5.11 Å². The van der Waals surface area contributed by atoms with E-state index in [2.05, 4.69) is 4.57 Å². The van der Waals surface area contributed by atoms with Gasteiger partial charge in [0.25, 0.3) is 5.91 Å². The Morgan fingerprint density at radius 2 is 2.05 bits per heavy atom. The number of carboxylic acids is 1. The molecule has 2 fully saturated rings. The average molecular weight is 276 g/mol. The maximum atomic E-state index is 12.7. The summed E-state index contributed by atoms with van der Waals surface area (Å²) in [6.45, 7) is 2.37. The third-order valence-electron chi connectivity index (χ3n) is 4.80. The Bertz CT molecular complexity index is 533. The van der Waals surface area contributed by atoms with Gasteiger partial charge in [0.05, 0.1) is 5.92 Å². The van der Waals surface area contributed by atoms with Gasteiger partial charge in [0.2, 0.25) is 0 Å². The molecule has 2 heterocycles. The number of rotatable bonds is 3. The van der Waals surface area contributed by atoms with Crippen molar-refractivity contribution in [3.8, 4) is 0 Å². The van der Waals surface area contributed by atoms with Gasteiger partial charge in [-0.15, -0.1) is 0 Å². The van der Waals surface area contributed by atoms with E-state index in [1.54, 1.807) is 4.90 Å². The van der Waals surface area contributed by atoms with Crippen molar-refractivity contribution in [1.82, 2.24) is 9.47 Å². The summed E-state index contributed by atoms with van der Waals surface area (Å²) >= 11 is 0. The number of hydrogen-bond acceptors (Lipinski definition) is 2. The summed E-state index contributed by atoms with van der Waals surface area (Å²) in [5, 5.41) is 9.16. The summed E-state index contributed by atoms with van der Waals surface area (Å²) in [4.78, 5) is 25.5. The lowest BCUT2D eigenvalue weighted by Crippen LogP contribution is -2.39. The number of likely N-dealkylation sites (tertiary alicyclic amines) is 1. The van der Waals surface area contributed by atoms with Crippen LogP contribution in [0.2, 0.25) is 0 Å². The van der Waals surface area contributed by atoms with Crippen LogP contribution < -0.4 is 0 Å². The molecule has 2 atom stereocenters. The molecule has 1 aliphatic heterocycles. The fraction of sp³-hybridized carbons (Fsp3) is 0.600. The number of hydrogen-bond donors (Lipinski definition) is 1. The van der Waals surface area contributed by atoms with Crippen LogP contribution in [0.3, 0.4) is 0 Å². The molecule has 1 saturated carbocycles. The van der Waals surface area contributed by atoms with Crippen molar-refractivity contribution in [2.45, 2.75) is 44.7 Å². The van der Waals surface area contributed by atoms with E-state index in [1.807, 2.05) is 25.3 Å². The van der Waals surface area contributed by atoms with Crippen LogP contribution in [0.1, 0.15) is 49.1 Å². The van der Waals surface area contributed by atoms with Gasteiger partial charge in [0.1, 0.15) is 5.69 Å². The van der Waals surface area contributed by atoms with Crippen molar-refractivity contribution in [3.63, 3.8) is 0 Å². The summed E-state index contributed by atoms with van der Waals surface area (Å²) in [6, 6.07) is 3.96. The first-order chi connectivity index (χ1) is 9.59. The van der Waals surface area contributed by atoms with Crippen LogP contribution in [0, 0.1) is 5.92 Å². The molecular weight excluding hydrogens is 256 g/mol. The van der Waals surface area contributed by atoms with Gasteiger partial charge in [-0.05, 0) is 44.7 Å². The van der Waals surface area contributed by atoms with Gasteiger partial charge >= 0.3 is 5.97 Å². The van der Waals surface area contributed by atoms with Gasteiger partial charge in [-0.2, -0.15) is 0 Å². The van der Waals surface area contributed by atoms with E-state index in [-0.39, 0.29) is 11.9 Å². The Kier molecular flexibility index (Phi) is 3.28. The monoisotopic (exact) mass is 276 g/mol. The van der Waals surface area contributed by atoms with Crippen LogP contribution in [0.25, 0.3) is 0 Å². The van der Waals surface area contributed by atoms with Gasteiger partial charge in [-0.25, -0.2) is 0 Å². The van der Waals surface area contributed by atoms with E-state index in [0.29, 0.717) is 24.7 Å². The lowest BCUT2D eigenvalue weighted by molar-refractivity contribution is -0.142. The second-order valence-corrected chi connectivity index (χ2v) is 5.86. The summed E-state index contributed by atoms with van der Waals surface area (Å²) in [7, 11) is 0. The van der Waals surface area contributed by atoms with E-state index < -0.39 is 11.9 Å². The molecule has 5 nitrogen and oxygen atoms in total. The molecule has 20 heavy (non-hydrogen) atoms. The average Bonchev–Trinajstić information content (AvgIpc) is 2.93. The molecule has 0 bridgehead atoms. The number of carboxylic acid groups (broad SMARTS) is 1. The zero-order chi connectivity index (χ0) is 14.3. The molecule has 1 aliphatic carbocycles. The van der Waals surface area contributed by atoms with Crippen LogP contribution in [0.4, 0.5) is 0 Å². The van der Waals surface area contributed by atoms with Crippen LogP contribution in [0.5, 0.6) is 0 Å². The van der Waals surface area contributed by atoms with Crippen LogP contribution >= 0.6 is 0 Å². The molecule has 0 aromatic carbocycles. The first-order valence-corrected chi connectivity index (χ1v) is 7.30. The molecule has 1 aromatic heterocycles. The number of amides is 1. The lowest BCUT2D eigenvalue weighted by atomic mass is 9.93.